The molecule has 0 atom stereocenters. The molecule has 2 amide bonds. The molecule has 2 aromatic carbocycles. The van der Waals surface area contributed by atoms with Gasteiger partial charge in [-0.1, -0.05) is 6.07 Å². The Morgan fingerprint density at radius 3 is 2.71 bits per heavy atom. The molecule has 5 heteroatoms. The molecule has 108 valence electrons. The molecule has 0 unspecified atom stereocenters. The van der Waals surface area contributed by atoms with Gasteiger partial charge in [0.15, 0.2) is 0 Å². The van der Waals surface area contributed by atoms with Crippen LogP contribution in [0.3, 0.4) is 0 Å². The van der Waals surface area contributed by atoms with Gasteiger partial charge in [0.25, 0.3) is 0 Å². The molecular weight excluding hydrogens is 268 g/mol. The van der Waals surface area contributed by atoms with E-state index >= 15 is 0 Å². The first-order valence-electron chi connectivity index (χ1n) is 6.69. The van der Waals surface area contributed by atoms with Crippen LogP contribution in [0.4, 0.5) is 16.2 Å². The molecule has 0 saturated carbocycles. The third-order valence-corrected chi connectivity index (χ3v) is 3.44. The molecule has 5 nitrogen and oxygen atoms in total. The Kier molecular flexibility index (Phi) is 3.50. The van der Waals surface area contributed by atoms with Gasteiger partial charge in [-0.3, -0.25) is 0 Å². The minimum absolute atomic E-state index is 0.178. The lowest BCUT2D eigenvalue weighted by atomic mass is 10.1. The van der Waals surface area contributed by atoms with Crippen molar-refractivity contribution >= 4 is 17.4 Å². The number of amides is 2. The van der Waals surface area contributed by atoms with E-state index in [1.807, 2.05) is 25.1 Å². The van der Waals surface area contributed by atoms with E-state index in [-0.39, 0.29) is 11.8 Å². The number of hydrogen-bond donors (Lipinski definition) is 3. The molecule has 0 spiro atoms. The van der Waals surface area contributed by atoms with E-state index in [0.717, 1.165) is 22.4 Å². The van der Waals surface area contributed by atoms with Crippen molar-refractivity contribution in [1.29, 1.82) is 0 Å². The van der Waals surface area contributed by atoms with Gasteiger partial charge in [0, 0.05) is 11.4 Å². The first-order chi connectivity index (χ1) is 10.1. The van der Waals surface area contributed by atoms with Crippen LogP contribution in [0, 0.1) is 6.92 Å². The SMILES string of the molecule is Cc1cc(O)ccc1NC(=O)Nc1ccc2c(c1)COC2. The van der Waals surface area contributed by atoms with Crippen LogP contribution in [0.25, 0.3) is 0 Å². The summed E-state index contributed by atoms with van der Waals surface area (Å²) in [6.45, 7) is 3.04. The lowest BCUT2D eigenvalue weighted by molar-refractivity contribution is 0.134. The fourth-order valence-corrected chi connectivity index (χ4v) is 2.32. The standard InChI is InChI=1S/C16H16N2O3/c1-10-6-14(19)4-5-15(10)18-16(20)17-13-3-2-11-8-21-9-12(11)7-13/h2-7,19H,8-9H2,1H3,(H2,17,18,20). The Labute approximate surface area is 122 Å². The number of phenols is 1. The van der Waals surface area contributed by atoms with E-state index in [0.29, 0.717) is 18.9 Å². The summed E-state index contributed by atoms with van der Waals surface area (Å²) in [6.07, 6.45) is 0. The van der Waals surface area contributed by atoms with Crippen LogP contribution in [0.2, 0.25) is 0 Å². The van der Waals surface area contributed by atoms with E-state index in [1.165, 1.54) is 6.07 Å². The lowest BCUT2D eigenvalue weighted by Crippen LogP contribution is -2.20. The summed E-state index contributed by atoms with van der Waals surface area (Å²) in [5.41, 5.74) is 4.46. The Bertz CT molecular complexity index is 698. The average Bonchev–Trinajstić information content (AvgIpc) is 2.89. The number of aryl methyl sites for hydroxylation is 1. The molecule has 3 N–H and O–H groups in total. The fraction of sp³-hybridized carbons (Fsp3) is 0.188. The van der Waals surface area contributed by atoms with Crippen LogP contribution < -0.4 is 10.6 Å². The van der Waals surface area contributed by atoms with Crippen LogP contribution in [-0.2, 0) is 18.0 Å². The van der Waals surface area contributed by atoms with Crippen molar-refractivity contribution in [2.45, 2.75) is 20.1 Å². The van der Waals surface area contributed by atoms with Gasteiger partial charge in [-0.15, -0.1) is 0 Å². The predicted molar refractivity (Wildman–Crippen MR) is 80.4 cm³/mol. The van der Waals surface area contributed by atoms with E-state index in [9.17, 15) is 9.90 Å². The van der Waals surface area contributed by atoms with E-state index < -0.39 is 0 Å². The van der Waals surface area contributed by atoms with Crippen LogP contribution in [0.1, 0.15) is 16.7 Å². The highest BCUT2D eigenvalue weighted by Crippen LogP contribution is 2.24. The first kappa shape index (κ1) is 13.5. The molecular formula is C16H16N2O3. The molecule has 1 aliphatic rings. The number of benzene rings is 2. The monoisotopic (exact) mass is 284 g/mol. The van der Waals surface area contributed by atoms with Crippen molar-refractivity contribution in [3.63, 3.8) is 0 Å². The van der Waals surface area contributed by atoms with Crippen LogP contribution >= 0.6 is 0 Å². The van der Waals surface area contributed by atoms with E-state index in [1.54, 1.807) is 12.1 Å². The Morgan fingerprint density at radius 1 is 1.10 bits per heavy atom. The summed E-state index contributed by atoms with van der Waals surface area (Å²) < 4.78 is 5.35. The highest BCUT2D eigenvalue weighted by atomic mass is 16.5. The second-order valence-electron chi connectivity index (χ2n) is 5.05. The van der Waals surface area contributed by atoms with Crippen LogP contribution in [-0.4, -0.2) is 11.1 Å². The van der Waals surface area contributed by atoms with Gasteiger partial charge >= 0.3 is 6.03 Å². The molecule has 0 aromatic heterocycles. The molecule has 21 heavy (non-hydrogen) atoms. The quantitative estimate of drug-likeness (QED) is 0.740. The number of aromatic hydroxyl groups is 1. The molecule has 1 heterocycles. The van der Waals surface area contributed by atoms with Gasteiger partial charge in [0.05, 0.1) is 13.2 Å². The van der Waals surface area contributed by atoms with E-state index in [2.05, 4.69) is 10.6 Å². The highest BCUT2D eigenvalue weighted by Gasteiger charge is 2.12. The number of fused-ring (bicyclic) bond motifs is 1. The topological polar surface area (TPSA) is 70.6 Å². The first-order valence-corrected chi connectivity index (χ1v) is 6.69. The molecule has 0 fully saturated rings. The number of rotatable bonds is 2. The molecule has 1 aliphatic heterocycles. The van der Waals surface area contributed by atoms with Gasteiger partial charge in [0.2, 0.25) is 0 Å². The molecule has 0 aliphatic carbocycles. The molecule has 0 radical (unpaired) electrons. The second kappa shape index (κ2) is 5.46. The van der Waals surface area contributed by atoms with Crippen molar-refractivity contribution in [3.8, 4) is 5.75 Å². The number of carbonyl (C=O) groups excluding carboxylic acids is 1. The summed E-state index contributed by atoms with van der Waals surface area (Å²) in [4.78, 5) is 12.0. The minimum atomic E-state index is -0.317. The normalized spacial score (nSPS) is 12.8. The van der Waals surface area contributed by atoms with Crippen LogP contribution in [0.5, 0.6) is 5.75 Å². The van der Waals surface area contributed by atoms with Gasteiger partial charge in [-0.05, 0) is 53.9 Å². The predicted octanol–water partition coefficient (Wildman–Crippen LogP) is 3.37. The summed E-state index contributed by atoms with van der Waals surface area (Å²) in [5.74, 6) is 0.178. The minimum Gasteiger partial charge on any atom is -0.508 e. The van der Waals surface area contributed by atoms with Gasteiger partial charge in [-0.25, -0.2) is 4.79 Å². The van der Waals surface area contributed by atoms with Crippen LogP contribution in [0.15, 0.2) is 36.4 Å². The van der Waals surface area contributed by atoms with Crippen molar-refractivity contribution in [2.24, 2.45) is 0 Å². The zero-order chi connectivity index (χ0) is 14.8. The zero-order valence-electron chi connectivity index (χ0n) is 11.6. The summed E-state index contributed by atoms with van der Waals surface area (Å²) in [7, 11) is 0. The maximum Gasteiger partial charge on any atom is 0.323 e. The van der Waals surface area contributed by atoms with Crippen molar-refractivity contribution in [2.75, 3.05) is 10.6 Å². The largest absolute Gasteiger partial charge is 0.508 e. The second-order valence-corrected chi connectivity index (χ2v) is 5.05. The number of hydrogen-bond acceptors (Lipinski definition) is 3. The number of nitrogens with one attached hydrogen (secondary N) is 2. The Hall–Kier alpha value is -2.53. The average molecular weight is 284 g/mol. The van der Waals surface area contributed by atoms with Gasteiger partial charge in [0.1, 0.15) is 5.75 Å². The summed E-state index contributed by atoms with van der Waals surface area (Å²) >= 11 is 0. The highest BCUT2D eigenvalue weighted by molar-refractivity contribution is 6.00. The molecule has 3 rings (SSSR count). The smallest absolute Gasteiger partial charge is 0.323 e. The molecule has 2 aromatic rings. The lowest BCUT2D eigenvalue weighted by Gasteiger charge is -2.11. The number of carbonyl (C=O) groups is 1. The van der Waals surface area contributed by atoms with Crippen molar-refractivity contribution in [3.05, 3.63) is 53.1 Å². The third-order valence-electron chi connectivity index (χ3n) is 3.44. The summed E-state index contributed by atoms with van der Waals surface area (Å²) in [5, 5.41) is 14.9. The Balaban J connectivity index is 1.69. The number of ether oxygens (including phenoxy) is 1. The summed E-state index contributed by atoms with van der Waals surface area (Å²) in [6, 6.07) is 10.2. The maximum atomic E-state index is 12.0. The zero-order valence-corrected chi connectivity index (χ0v) is 11.6. The van der Waals surface area contributed by atoms with E-state index in [4.69, 9.17) is 4.74 Å². The van der Waals surface area contributed by atoms with Crippen molar-refractivity contribution < 1.29 is 14.6 Å². The fourth-order valence-electron chi connectivity index (χ4n) is 2.32. The Morgan fingerprint density at radius 2 is 1.90 bits per heavy atom. The van der Waals surface area contributed by atoms with Gasteiger partial charge in [-0.2, -0.15) is 0 Å². The number of phenolic OH excluding ortho intramolecular Hbond substituents is 1. The van der Waals surface area contributed by atoms with Crippen molar-refractivity contribution in [1.82, 2.24) is 0 Å². The third kappa shape index (κ3) is 2.98. The number of anilines is 2. The van der Waals surface area contributed by atoms with Gasteiger partial charge < -0.3 is 20.5 Å². The molecule has 0 bridgehead atoms. The number of urea groups is 1. The maximum absolute atomic E-state index is 12.0. The molecule has 0 saturated heterocycles.